The highest BCUT2D eigenvalue weighted by molar-refractivity contribution is 5.75. The summed E-state index contributed by atoms with van der Waals surface area (Å²) in [6, 6.07) is 0. The van der Waals surface area contributed by atoms with Crippen molar-refractivity contribution in [1.29, 1.82) is 0 Å². The van der Waals surface area contributed by atoms with E-state index in [0.717, 1.165) is 24.4 Å². The van der Waals surface area contributed by atoms with Crippen LogP contribution in [0.1, 0.15) is 24.9 Å². The van der Waals surface area contributed by atoms with Crippen molar-refractivity contribution in [2.75, 3.05) is 0 Å². The minimum Gasteiger partial charge on any atom is -0.369 e. The number of amides is 1. The molecule has 12 heavy (non-hydrogen) atoms. The lowest BCUT2D eigenvalue weighted by Crippen LogP contribution is -2.13. The Balaban J connectivity index is 2.58. The molecule has 0 saturated carbocycles. The summed E-state index contributed by atoms with van der Waals surface area (Å²) in [7, 11) is 0. The third-order valence-corrected chi connectivity index (χ3v) is 1.53. The zero-order valence-corrected chi connectivity index (χ0v) is 7.13. The van der Waals surface area contributed by atoms with Crippen molar-refractivity contribution < 1.29 is 4.79 Å². The number of nitrogens with zero attached hydrogens (tertiary/aromatic N) is 1. The number of nitrogens with two attached hydrogens (primary N) is 1. The van der Waals surface area contributed by atoms with Crippen molar-refractivity contribution in [3.8, 4) is 0 Å². The normalized spacial score (nSPS) is 10.1. The Morgan fingerprint density at radius 1 is 1.75 bits per heavy atom. The van der Waals surface area contributed by atoms with Gasteiger partial charge in [-0.3, -0.25) is 4.79 Å². The van der Waals surface area contributed by atoms with E-state index in [2.05, 4.69) is 16.9 Å². The van der Waals surface area contributed by atoms with Crippen LogP contribution in [-0.4, -0.2) is 15.9 Å². The summed E-state index contributed by atoms with van der Waals surface area (Å²) >= 11 is 0. The van der Waals surface area contributed by atoms with Gasteiger partial charge in [0, 0.05) is 18.3 Å². The lowest BCUT2D eigenvalue weighted by molar-refractivity contribution is -0.117. The lowest BCUT2D eigenvalue weighted by Gasteiger charge is -1.91. The highest BCUT2D eigenvalue weighted by Gasteiger charge is 2.01. The number of primary amides is 1. The second kappa shape index (κ2) is 3.90. The zero-order valence-electron chi connectivity index (χ0n) is 7.13. The molecule has 0 saturated heterocycles. The fourth-order valence-electron chi connectivity index (χ4n) is 1.05. The molecule has 1 rings (SSSR count). The van der Waals surface area contributed by atoms with Crippen LogP contribution in [0.15, 0.2) is 6.20 Å². The minimum absolute atomic E-state index is 0.247. The number of imidazole rings is 1. The van der Waals surface area contributed by atoms with Crippen LogP contribution < -0.4 is 5.73 Å². The number of H-pyrrole nitrogens is 1. The molecule has 1 aromatic heterocycles. The lowest BCUT2D eigenvalue weighted by atomic mass is 10.3. The molecule has 0 atom stereocenters. The third kappa shape index (κ3) is 2.38. The van der Waals surface area contributed by atoms with Crippen LogP contribution in [0.25, 0.3) is 0 Å². The second-order valence-electron chi connectivity index (χ2n) is 2.75. The fourth-order valence-corrected chi connectivity index (χ4v) is 1.05. The summed E-state index contributed by atoms with van der Waals surface area (Å²) in [6.07, 6.45) is 3.87. The monoisotopic (exact) mass is 167 g/mol. The molecule has 3 N–H and O–H groups in total. The van der Waals surface area contributed by atoms with Gasteiger partial charge in [-0.2, -0.15) is 0 Å². The summed E-state index contributed by atoms with van der Waals surface area (Å²) in [5, 5.41) is 0. The van der Waals surface area contributed by atoms with E-state index >= 15 is 0 Å². The second-order valence-corrected chi connectivity index (χ2v) is 2.75. The molecule has 0 spiro atoms. The van der Waals surface area contributed by atoms with Crippen LogP contribution in [-0.2, 0) is 17.6 Å². The molecule has 0 bridgehead atoms. The highest BCUT2D eigenvalue weighted by Crippen LogP contribution is 2.00. The van der Waals surface area contributed by atoms with Crippen LogP contribution >= 0.6 is 0 Å². The van der Waals surface area contributed by atoms with Gasteiger partial charge in [-0.15, -0.1) is 0 Å². The van der Waals surface area contributed by atoms with Crippen molar-refractivity contribution in [2.45, 2.75) is 26.2 Å². The first-order valence-corrected chi connectivity index (χ1v) is 4.03. The van der Waals surface area contributed by atoms with E-state index < -0.39 is 0 Å². The van der Waals surface area contributed by atoms with Crippen molar-refractivity contribution >= 4 is 5.91 Å². The molecule has 0 unspecified atom stereocenters. The van der Waals surface area contributed by atoms with Crippen LogP contribution in [0, 0.1) is 0 Å². The SMILES string of the molecule is CCCc1ncc(CC(N)=O)[nH]1. The van der Waals surface area contributed by atoms with Crippen LogP contribution in [0.4, 0.5) is 0 Å². The Morgan fingerprint density at radius 3 is 3.08 bits per heavy atom. The molecule has 0 radical (unpaired) electrons. The highest BCUT2D eigenvalue weighted by atomic mass is 16.1. The van der Waals surface area contributed by atoms with Crippen molar-refractivity contribution in [3.05, 3.63) is 17.7 Å². The summed E-state index contributed by atoms with van der Waals surface area (Å²) in [5.41, 5.74) is 5.82. The number of carbonyl (C=O) groups is 1. The number of carbonyl (C=O) groups excluding carboxylic acids is 1. The van der Waals surface area contributed by atoms with Gasteiger partial charge in [0.2, 0.25) is 5.91 Å². The van der Waals surface area contributed by atoms with E-state index in [-0.39, 0.29) is 12.3 Å². The third-order valence-electron chi connectivity index (χ3n) is 1.53. The number of aromatic amines is 1. The Morgan fingerprint density at radius 2 is 2.50 bits per heavy atom. The number of hydrogen-bond acceptors (Lipinski definition) is 2. The Labute approximate surface area is 71.2 Å². The molecule has 1 aromatic rings. The Hall–Kier alpha value is -1.32. The number of hydrogen-bond donors (Lipinski definition) is 2. The summed E-state index contributed by atoms with van der Waals surface area (Å²) in [4.78, 5) is 17.6. The largest absolute Gasteiger partial charge is 0.369 e. The minimum atomic E-state index is -0.332. The average molecular weight is 167 g/mol. The van der Waals surface area contributed by atoms with Gasteiger partial charge in [-0.25, -0.2) is 4.98 Å². The Bertz CT molecular complexity index is 267. The maximum atomic E-state index is 10.5. The van der Waals surface area contributed by atoms with Crippen molar-refractivity contribution in [2.24, 2.45) is 5.73 Å². The molecule has 0 fully saturated rings. The molecule has 0 aliphatic rings. The molecule has 66 valence electrons. The molecular formula is C8H13N3O. The molecule has 4 heteroatoms. The summed E-state index contributed by atoms with van der Waals surface area (Å²) in [6.45, 7) is 2.08. The standard InChI is InChI=1S/C8H13N3O/c1-2-3-8-10-5-6(11-8)4-7(9)12/h5H,2-4H2,1H3,(H2,9,12)(H,10,11). The van der Waals surface area contributed by atoms with Crippen molar-refractivity contribution in [1.82, 2.24) is 9.97 Å². The predicted molar refractivity (Wildman–Crippen MR) is 45.5 cm³/mol. The topological polar surface area (TPSA) is 71.8 Å². The molecule has 0 aromatic carbocycles. The maximum absolute atomic E-state index is 10.5. The first-order valence-electron chi connectivity index (χ1n) is 4.03. The van der Waals surface area contributed by atoms with E-state index in [1.807, 2.05) is 0 Å². The Kier molecular flexibility index (Phi) is 2.85. The van der Waals surface area contributed by atoms with Crippen LogP contribution in [0.5, 0.6) is 0 Å². The van der Waals surface area contributed by atoms with Gasteiger partial charge in [0.1, 0.15) is 5.82 Å². The summed E-state index contributed by atoms with van der Waals surface area (Å²) in [5.74, 6) is 0.593. The number of nitrogens with one attached hydrogen (secondary N) is 1. The number of aromatic nitrogens is 2. The van der Waals surface area contributed by atoms with Crippen LogP contribution in [0.3, 0.4) is 0 Å². The van der Waals surface area contributed by atoms with E-state index in [0.29, 0.717) is 0 Å². The molecule has 1 heterocycles. The first-order chi connectivity index (χ1) is 5.72. The van der Waals surface area contributed by atoms with Gasteiger partial charge in [-0.1, -0.05) is 6.92 Å². The van der Waals surface area contributed by atoms with Gasteiger partial charge in [-0.05, 0) is 6.42 Å². The van der Waals surface area contributed by atoms with Gasteiger partial charge in [0.05, 0.1) is 6.42 Å². The van der Waals surface area contributed by atoms with Gasteiger partial charge < -0.3 is 10.7 Å². The first kappa shape index (κ1) is 8.77. The molecule has 4 nitrogen and oxygen atoms in total. The zero-order chi connectivity index (χ0) is 8.97. The average Bonchev–Trinajstić information content (AvgIpc) is 2.36. The maximum Gasteiger partial charge on any atom is 0.223 e. The predicted octanol–water partition coefficient (Wildman–Crippen LogP) is 0.390. The smallest absolute Gasteiger partial charge is 0.223 e. The molecule has 1 amide bonds. The van der Waals surface area contributed by atoms with E-state index in [9.17, 15) is 4.79 Å². The van der Waals surface area contributed by atoms with Gasteiger partial charge >= 0.3 is 0 Å². The van der Waals surface area contributed by atoms with E-state index in [1.165, 1.54) is 0 Å². The van der Waals surface area contributed by atoms with Gasteiger partial charge in [0.25, 0.3) is 0 Å². The van der Waals surface area contributed by atoms with Crippen molar-refractivity contribution in [3.63, 3.8) is 0 Å². The molecule has 0 aliphatic carbocycles. The fraction of sp³-hybridized carbons (Fsp3) is 0.500. The number of rotatable bonds is 4. The van der Waals surface area contributed by atoms with Crippen LogP contribution in [0.2, 0.25) is 0 Å². The van der Waals surface area contributed by atoms with E-state index in [4.69, 9.17) is 5.73 Å². The number of aryl methyl sites for hydroxylation is 1. The summed E-state index contributed by atoms with van der Waals surface area (Å²) < 4.78 is 0. The molecule has 0 aliphatic heterocycles. The molecular weight excluding hydrogens is 154 g/mol. The van der Waals surface area contributed by atoms with Gasteiger partial charge in [0.15, 0.2) is 0 Å². The van der Waals surface area contributed by atoms with E-state index in [1.54, 1.807) is 6.20 Å². The quantitative estimate of drug-likeness (QED) is 0.680.